The van der Waals surface area contributed by atoms with Crippen LogP contribution in [0.2, 0.25) is 0 Å². The molecule has 20 heavy (non-hydrogen) atoms. The van der Waals surface area contributed by atoms with E-state index >= 15 is 0 Å². The lowest BCUT2D eigenvalue weighted by atomic mass is 9.70. The second kappa shape index (κ2) is 6.58. The molecule has 4 fully saturated rings. The molecule has 0 heterocycles. The molecule has 0 spiro atoms. The Labute approximate surface area is 128 Å². The van der Waals surface area contributed by atoms with Gasteiger partial charge in [-0.25, -0.2) is 4.89 Å². The van der Waals surface area contributed by atoms with E-state index in [1.54, 1.807) is 6.42 Å². The van der Waals surface area contributed by atoms with Crippen LogP contribution in [0.1, 0.15) is 59.3 Å². The Hall–Kier alpha value is 0.270. The van der Waals surface area contributed by atoms with Crippen molar-refractivity contribution >= 4 is 12.0 Å². The van der Waals surface area contributed by atoms with E-state index in [0.29, 0.717) is 6.10 Å². The third-order valence-corrected chi connectivity index (χ3v) is 6.92. The van der Waals surface area contributed by atoms with Gasteiger partial charge in [-0.2, -0.15) is 4.33 Å². The third-order valence-electron chi connectivity index (χ3n) is 6.17. The molecule has 7 atom stereocenters. The lowest BCUT2D eigenvalue weighted by molar-refractivity contribution is -0.251. The number of rotatable bonds is 5. The lowest BCUT2D eigenvalue weighted by Crippen LogP contribution is -2.36. The van der Waals surface area contributed by atoms with Gasteiger partial charge in [-0.15, -0.1) is 0 Å². The van der Waals surface area contributed by atoms with Crippen molar-refractivity contribution < 1.29 is 9.22 Å². The summed E-state index contributed by atoms with van der Waals surface area (Å²) in [5, 5.41) is 0. The summed E-state index contributed by atoms with van der Waals surface area (Å²) in [5.41, 5.74) is 0. The molecule has 0 aromatic heterocycles. The largest absolute Gasteiger partial charge is 0.221 e. The van der Waals surface area contributed by atoms with Crippen molar-refractivity contribution in [3.8, 4) is 0 Å². The minimum atomic E-state index is 0.417. The van der Waals surface area contributed by atoms with Crippen molar-refractivity contribution in [2.24, 2.45) is 35.5 Å². The molecule has 116 valence electrons. The average Bonchev–Trinajstić information content (AvgIpc) is 3.23. The van der Waals surface area contributed by atoms with Crippen LogP contribution < -0.4 is 0 Å². The van der Waals surface area contributed by atoms with Crippen molar-refractivity contribution in [3.05, 3.63) is 0 Å². The summed E-state index contributed by atoms with van der Waals surface area (Å²) in [7, 11) is 0. The SMILES string of the molecule is CC.CCCSOOC1CC2CC1C1C3CCC(C3)C21. The van der Waals surface area contributed by atoms with Gasteiger partial charge in [0.05, 0.1) is 6.10 Å². The maximum Gasteiger partial charge on any atom is 0.0976 e. The minimum Gasteiger partial charge on any atom is -0.221 e. The van der Waals surface area contributed by atoms with E-state index in [2.05, 4.69) is 6.92 Å². The first-order chi connectivity index (χ1) is 9.88. The van der Waals surface area contributed by atoms with Crippen LogP contribution in [-0.2, 0) is 9.22 Å². The molecule has 4 rings (SSSR count). The summed E-state index contributed by atoms with van der Waals surface area (Å²) < 4.78 is 5.36. The van der Waals surface area contributed by atoms with E-state index in [4.69, 9.17) is 9.22 Å². The standard InChI is InChI=1S/C15H24O2S.C2H6/c1-2-5-18-17-16-13-8-11-7-12(13)15-10-4-3-9(6-10)14(11)15;1-2/h9-15H,2-8H2,1H3;1-2H3. The van der Waals surface area contributed by atoms with Gasteiger partial charge in [0.2, 0.25) is 0 Å². The topological polar surface area (TPSA) is 18.5 Å². The summed E-state index contributed by atoms with van der Waals surface area (Å²) in [6, 6.07) is 0. The lowest BCUT2D eigenvalue weighted by Gasteiger charge is -2.37. The van der Waals surface area contributed by atoms with Gasteiger partial charge >= 0.3 is 0 Å². The summed E-state index contributed by atoms with van der Waals surface area (Å²) in [5.74, 6) is 7.06. The van der Waals surface area contributed by atoms with Crippen LogP contribution in [0.15, 0.2) is 0 Å². The maximum absolute atomic E-state index is 5.72. The molecule has 3 heteroatoms. The molecule has 2 nitrogen and oxygen atoms in total. The highest BCUT2D eigenvalue weighted by Gasteiger charge is 2.62. The maximum atomic E-state index is 5.72. The first kappa shape index (κ1) is 15.2. The third kappa shape index (κ3) is 2.44. The predicted octanol–water partition coefficient (Wildman–Crippen LogP) is 5.09. The van der Waals surface area contributed by atoms with Crippen LogP contribution in [-0.4, -0.2) is 11.9 Å². The van der Waals surface area contributed by atoms with Crippen LogP contribution in [0.5, 0.6) is 0 Å². The highest BCUT2D eigenvalue weighted by Crippen LogP contribution is 2.67. The fraction of sp³-hybridized carbons (Fsp3) is 1.00. The van der Waals surface area contributed by atoms with Gasteiger partial charge in [0.25, 0.3) is 0 Å². The second-order valence-corrected chi connectivity index (χ2v) is 7.69. The normalized spacial score (nSPS) is 47.2. The van der Waals surface area contributed by atoms with E-state index in [-0.39, 0.29) is 0 Å². The fourth-order valence-electron chi connectivity index (χ4n) is 5.81. The van der Waals surface area contributed by atoms with Gasteiger partial charge in [-0.1, -0.05) is 20.8 Å². The fourth-order valence-corrected chi connectivity index (χ4v) is 6.20. The quantitative estimate of drug-likeness (QED) is 0.231. The summed E-state index contributed by atoms with van der Waals surface area (Å²) >= 11 is 1.49. The zero-order chi connectivity index (χ0) is 14.1. The van der Waals surface area contributed by atoms with E-state index in [0.717, 1.165) is 47.7 Å². The summed E-state index contributed by atoms with van der Waals surface area (Å²) in [6.45, 7) is 6.17. The van der Waals surface area contributed by atoms with Crippen molar-refractivity contribution in [3.63, 3.8) is 0 Å². The van der Waals surface area contributed by atoms with Crippen LogP contribution >= 0.6 is 12.0 Å². The first-order valence-electron chi connectivity index (χ1n) is 8.83. The molecule has 0 aromatic carbocycles. The molecule has 4 bridgehead atoms. The van der Waals surface area contributed by atoms with Crippen molar-refractivity contribution in [2.75, 3.05) is 5.75 Å². The molecular formula is C17H30O2S. The number of hydrogen-bond acceptors (Lipinski definition) is 3. The van der Waals surface area contributed by atoms with Gasteiger partial charge in [-0.3, -0.25) is 0 Å². The van der Waals surface area contributed by atoms with E-state index in [9.17, 15) is 0 Å². The molecule has 4 aliphatic carbocycles. The minimum absolute atomic E-state index is 0.417. The zero-order valence-corrected chi connectivity index (χ0v) is 14.0. The first-order valence-corrected chi connectivity index (χ1v) is 9.74. The van der Waals surface area contributed by atoms with E-state index < -0.39 is 0 Å². The Morgan fingerprint density at radius 2 is 1.70 bits per heavy atom. The van der Waals surface area contributed by atoms with E-state index in [1.165, 1.54) is 37.7 Å². The Kier molecular flexibility index (Phi) is 4.99. The molecule has 0 N–H and O–H groups in total. The summed E-state index contributed by atoms with van der Waals surface area (Å²) in [4.78, 5) is 5.72. The predicted molar refractivity (Wildman–Crippen MR) is 84.1 cm³/mol. The van der Waals surface area contributed by atoms with Gasteiger partial charge in [0.15, 0.2) is 0 Å². The van der Waals surface area contributed by atoms with Crippen molar-refractivity contribution in [1.82, 2.24) is 0 Å². The van der Waals surface area contributed by atoms with Crippen LogP contribution in [0, 0.1) is 35.5 Å². The number of hydrogen-bond donors (Lipinski definition) is 0. The molecule has 4 saturated carbocycles. The molecular weight excluding hydrogens is 268 g/mol. The van der Waals surface area contributed by atoms with E-state index in [1.807, 2.05) is 13.8 Å². The highest BCUT2D eigenvalue weighted by molar-refractivity contribution is 7.94. The smallest absolute Gasteiger partial charge is 0.0976 e. The average molecular weight is 298 g/mol. The Morgan fingerprint density at radius 3 is 2.45 bits per heavy atom. The molecule has 4 aliphatic rings. The molecule has 7 unspecified atom stereocenters. The van der Waals surface area contributed by atoms with Crippen LogP contribution in [0.25, 0.3) is 0 Å². The zero-order valence-electron chi connectivity index (χ0n) is 13.2. The molecule has 0 saturated heterocycles. The molecule has 0 radical (unpaired) electrons. The Bertz CT molecular complexity index is 322. The van der Waals surface area contributed by atoms with Crippen molar-refractivity contribution in [1.29, 1.82) is 0 Å². The Balaban J connectivity index is 0.000000581. The van der Waals surface area contributed by atoms with Gasteiger partial charge < -0.3 is 0 Å². The van der Waals surface area contributed by atoms with Gasteiger partial charge in [0, 0.05) is 17.8 Å². The monoisotopic (exact) mass is 298 g/mol. The van der Waals surface area contributed by atoms with Gasteiger partial charge in [0.1, 0.15) is 0 Å². The Morgan fingerprint density at radius 1 is 0.950 bits per heavy atom. The van der Waals surface area contributed by atoms with Crippen LogP contribution in [0.4, 0.5) is 0 Å². The molecule has 0 amide bonds. The molecule has 0 aromatic rings. The van der Waals surface area contributed by atoms with Gasteiger partial charge in [-0.05, 0) is 74.0 Å². The van der Waals surface area contributed by atoms with Crippen LogP contribution in [0.3, 0.4) is 0 Å². The number of fused-ring (bicyclic) bond motifs is 9. The van der Waals surface area contributed by atoms with Crippen molar-refractivity contribution in [2.45, 2.75) is 65.4 Å². The molecule has 0 aliphatic heterocycles. The summed E-state index contributed by atoms with van der Waals surface area (Å²) in [6.07, 6.45) is 8.87. The second-order valence-electron chi connectivity index (χ2n) is 6.91. The highest BCUT2D eigenvalue weighted by atomic mass is 32.2.